The van der Waals surface area contributed by atoms with Gasteiger partial charge in [-0.15, -0.1) is 0 Å². The number of nitrogens with one attached hydrogen (secondary N) is 1. The molecule has 0 radical (unpaired) electrons. The van der Waals surface area contributed by atoms with Crippen molar-refractivity contribution in [1.82, 2.24) is 15.2 Å². The van der Waals surface area contributed by atoms with Crippen molar-refractivity contribution in [2.45, 2.75) is 96.2 Å². The molecule has 4 aliphatic rings. The molecule has 42 heavy (non-hydrogen) atoms. The van der Waals surface area contributed by atoms with Crippen LogP contribution < -0.4 is 5.32 Å². The van der Waals surface area contributed by atoms with Gasteiger partial charge in [0.25, 0.3) is 5.91 Å². The van der Waals surface area contributed by atoms with Crippen LogP contribution >= 0.6 is 15.9 Å². The van der Waals surface area contributed by atoms with Crippen LogP contribution in [-0.4, -0.2) is 52.0 Å². The first-order chi connectivity index (χ1) is 20.0. The highest BCUT2D eigenvalue weighted by molar-refractivity contribution is 9.10. The third-order valence-corrected chi connectivity index (χ3v) is 10.3. The summed E-state index contributed by atoms with van der Waals surface area (Å²) in [6.07, 6.45) is 7.31. The predicted octanol–water partition coefficient (Wildman–Crippen LogP) is 7.60. The number of benzene rings is 2. The molecule has 1 atom stereocenters. The Kier molecular flexibility index (Phi) is 7.72. The van der Waals surface area contributed by atoms with Gasteiger partial charge < -0.3 is 10.1 Å². The second kappa shape index (κ2) is 11.1. The van der Waals surface area contributed by atoms with Gasteiger partial charge in [0.15, 0.2) is 0 Å². The predicted molar refractivity (Wildman–Crippen MR) is 170 cm³/mol. The molecule has 2 heterocycles. The highest BCUT2D eigenvalue weighted by atomic mass is 79.9. The Labute approximate surface area is 257 Å². The molecule has 3 aliphatic carbocycles. The number of aromatic nitrogens is 1. The molecule has 4 fully saturated rings. The molecule has 3 saturated carbocycles. The molecule has 1 unspecified atom stereocenters. The Hall–Kier alpha value is -2.77. The molecule has 6 nitrogen and oxygen atoms in total. The number of carbonyl (C=O) groups excluding carboxylic acids is 2. The van der Waals surface area contributed by atoms with Gasteiger partial charge in [-0.25, -0.2) is 4.98 Å². The number of pyridine rings is 1. The van der Waals surface area contributed by atoms with Crippen LogP contribution in [0.1, 0.15) is 88.1 Å². The van der Waals surface area contributed by atoms with Gasteiger partial charge in [-0.05, 0) is 109 Å². The number of ether oxygens (including phenoxy) is 1. The van der Waals surface area contributed by atoms with Gasteiger partial charge >= 0.3 is 5.97 Å². The number of fused-ring (bicyclic) bond motifs is 4. The number of rotatable bonds is 5. The van der Waals surface area contributed by atoms with Crippen LogP contribution in [-0.2, 0) is 9.53 Å². The molecule has 7 heteroatoms. The topological polar surface area (TPSA) is 71.5 Å². The van der Waals surface area contributed by atoms with E-state index in [-0.39, 0.29) is 23.5 Å². The molecule has 1 saturated heterocycles. The van der Waals surface area contributed by atoms with E-state index in [1.54, 1.807) is 0 Å². The SMILES string of the molecule is Cc1c(-c2ccccc2)nc2ccc(Br)cc2c1C(=O)NC12CCC(C(=O)OC(C)(C)C)(CC1)CC2N1CCCCC1. The van der Waals surface area contributed by atoms with E-state index in [9.17, 15) is 9.59 Å². The first-order valence-corrected chi connectivity index (χ1v) is 16.2. The second-order valence-electron chi connectivity index (χ2n) is 13.7. The summed E-state index contributed by atoms with van der Waals surface area (Å²) < 4.78 is 6.91. The van der Waals surface area contributed by atoms with E-state index >= 15 is 0 Å². The number of likely N-dealkylation sites (tertiary alicyclic amines) is 1. The Morgan fingerprint density at radius 1 is 1.00 bits per heavy atom. The fourth-order valence-electron chi connectivity index (χ4n) is 7.66. The van der Waals surface area contributed by atoms with E-state index in [1.807, 2.05) is 76.2 Å². The highest BCUT2D eigenvalue weighted by Crippen LogP contribution is 2.55. The molecule has 0 spiro atoms. The van der Waals surface area contributed by atoms with Crippen LogP contribution in [0.5, 0.6) is 0 Å². The second-order valence-corrected chi connectivity index (χ2v) is 14.6. The van der Waals surface area contributed by atoms with E-state index in [4.69, 9.17) is 9.72 Å². The summed E-state index contributed by atoms with van der Waals surface area (Å²) in [7, 11) is 0. The van der Waals surface area contributed by atoms with Crippen molar-refractivity contribution in [3.05, 3.63) is 64.1 Å². The smallest absolute Gasteiger partial charge is 0.312 e. The van der Waals surface area contributed by atoms with E-state index in [0.717, 1.165) is 90.2 Å². The van der Waals surface area contributed by atoms with Crippen LogP contribution in [0.15, 0.2) is 53.0 Å². The molecule has 2 aromatic carbocycles. The molecule has 2 bridgehead atoms. The van der Waals surface area contributed by atoms with Crippen molar-refractivity contribution in [3.63, 3.8) is 0 Å². The van der Waals surface area contributed by atoms with Crippen molar-refractivity contribution in [2.75, 3.05) is 13.1 Å². The van der Waals surface area contributed by atoms with Gasteiger partial charge in [0.1, 0.15) is 5.60 Å². The summed E-state index contributed by atoms with van der Waals surface area (Å²) >= 11 is 3.62. The normalized spacial score (nSPS) is 26.3. The summed E-state index contributed by atoms with van der Waals surface area (Å²) in [5, 5.41) is 4.49. The Bertz CT molecular complexity index is 1500. The zero-order chi connectivity index (χ0) is 29.7. The minimum atomic E-state index is -0.517. The molecule has 1 N–H and O–H groups in total. The van der Waals surface area contributed by atoms with E-state index in [0.29, 0.717) is 5.56 Å². The number of nitrogens with zero attached hydrogens (tertiary/aromatic N) is 2. The van der Waals surface area contributed by atoms with Gasteiger partial charge in [0, 0.05) is 21.5 Å². The average Bonchev–Trinajstić information content (AvgIpc) is 2.97. The zero-order valence-electron chi connectivity index (χ0n) is 25.3. The number of hydrogen-bond acceptors (Lipinski definition) is 5. The third kappa shape index (κ3) is 5.39. The number of carbonyl (C=O) groups is 2. The summed E-state index contributed by atoms with van der Waals surface area (Å²) in [6, 6.07) is 16.2. The van der Waals surface area contributed by atoms with E-state index < -0.39 is 11.0 Å². The Morgan fingerprint density at radius 2 is 1.69 bits per heavy atom. The molecule has 3 aromatic rings. The minimum absolute atomic E-state index is 0.0520. The third-order valence-electron chi connectivity index (χ3n) is 9.81. The van der Waals surface area contributed by atoms with Crippen LogP contribution in [0, 0.1) is 12.3 Å². The Morgan fingerprint density at radius 3 is 2.36 bits per heavy atom. The van der Waals surface area contributed by atoms with Crippen molar-refractivity contribution < 1.29 is 14.3 Å². The molecule has 1 aliphatic heterocycles. The quantitative estimate of drug-likeness (QED) is 0.294. The molecular formula is C35H42BrN3O3. The van der Waals surface area contributed by atoms with Crippen LogP contribution in [0.4, 0.5) is 0 Å². The summed E-state index contributed by atoms with van der Waals surface area (Å²) in [5.74, 6) is -0.117. The number of piperidine rings is 1. The van der Waals surface area contributed by atoms with Gasteiger partial charge in [0.2, 0.25) is 0 Å². The first kappa shape index (κ1) is 29.3. The summed E-state index contributed by atoms with van der Waals surface area (Å²) in [5.41, 5.74) is 2.80. The maximum absolute atomic E-state index is 14.6. The standard InChI is InChI=1S/C35H42BrN3O3/c1-23-29(26-21-25(36)13-14-27(26)37-30(23)24-11-7-5-8-12-24)31(40)38-35-17-15-34(16-18-35,32(41)42-33(2,3)4)22-28(35)39-19-9-6-10-20-39/h5,7-8,11-14,21,28H,6,9-10,15-20,22H2,1-4H3,(H,38,40). The highest BCUT2D eigenvalue weighted by Gasteiger charge is 2.60. The van der Waals surface area contributed by atoms with Crippen molar-refractivity contribution in [3.8, 4) is 11.3 Å². The molecule has 1 aromatic heterocycles. The fraction of sp³-hybridized carbons (Fsp3) is 0.514. The Balaban J connectivity index is 1.39. The van der Waals surface area contributed by atoms with Crippen LogP contribution in [0.2, 0.25) is 0 Å². The lowest BCUT2D eigenvalue weighted by atomic mass is 9.54. The summed E-state index contributed by atoms with van der Waals surface area (Å²) in [6.45, 7) is 9.87. The van der Waals surface area contributed by atoms with E-state index in [2.05, 4.69) is 26.1 Å². The molecule has 7 rings (SSSR count). The first-order valence-electron chi connectivity index (χ1n) is 15.5. The largest absolute Gasteiger partial charge is 0.460 e. The number of esters is 1. The minimum Gasteiger partial charge on any atom is -0.460 e. The van der Waals surface area contributed by atoms with Gasteiger partial charge in [0.05, 0.1) is 27.7 Å². The lowest BCUT2D eigenvalue weighted by molar-refractivity contribution is -0.180. The van der Waals surface area contributed by atoms with Gasteiger partial charge in [-0.3, -0.25) is 14.5 Å². The average molecular weight is 633 g/mol. The fourth-order valence-corrected chi connectivity index (χ4v) is 8.02. The maximum atomic E-state index is 14.6. The lowest BCUT2D eigenvalue weighted by Gasteiger charge is -2.60. The van der Waals surface area contributed by atoms with Crippen molar-refractivity contribution in [1.29, 1.82) is 0 Å². The number of halogens is 1. The molecular weight excluding hydrogens is 590 g/mol. The number of amides is 1. The molecule has 222 valence electrons. The molecule has 1 amide bonds. The summed E-state index contributed by atoms with van der Waals surface area (Å²) in [4.78, 5) is 35.8. The maximum Gasteiger partial charge on any atom is 0.312 e. The zero-order valence-corrected chi connectivity index (χ0v) is 26.9. The monoisotopic (exact) mass is 631 g/mol. The van der Waals surface area contributed by atoms with Crippen molar-refractivity contribution in [2.24, 2.45) is 5.41 Å². The van der Waals surface area contributed by atoms with Gasteiger partial charge in [-0.2, -0.15) is 0 Å². The van der Waals surface area contributed by atoms with Crippen LogP contribution in [0.25, 0.3) is 22.2 Å². The van der Waals surface area contributed by atoms with Gasteiger partial charge in [-0.1, -0.05) is 52.7 Å². The van der Waals surface area contributed by atoms with E-state index in [1.165, 1.54) is 6.42 Å². The number of hydrogen-bond donors (Lipinski definition) is 1. The van der Waals surface area contributed by atoms with Crippen LogP contribution in [0.3, 0.4) is 0 Å². The lowest BCUT2D eigenvalue weighted by Crippen LogP contribution is -2.70. The van der Waals surface area contributed by atoms with Crippen molar-refractivity contribution >= 4 is 38.7 Å².